The molecule has 2 rings (SSSR count). The van der Waals surface area contributed by atoms with E-state index in [0.717, 1.165) is 25.9 Å². The van der Waals surface area contributed by atoms with E-state index in [1.54, 1.807) is 0 Å². The molecule has 1 aromatic carbocycles. The highest BCUT2D eigenvalue weighted by molar-refractivity contribution is 5.14. The van der Waals surface area contributed by atoms with Crippen molar-refractivity contribution in [3.8, 4) is 6.07 Å². The third kappa shape index (κ3) is 3.85. The number of hydrogen-bond acceptors (Lipinski definition) is 2. The number of piperidine rings is 1. The number of nitriles is 1. The van der Waals surface area contributed by atoms with E-state index in [9.17, 15) is 0 Å². The van der Waals surface area contributed by atoms with Crippen molar-refractivity contribution in [2.75, 3.05) is 13.1 Å². The summed E-state index contributed by atoms with van der Waals surface area (Å²) < 4.78 is 0. The normalized spacial score (nSPS) is 20.5. The van der Waals surface area contributed by atoms with Gasteiger partial charge in [0.15, 0.2) is 0 Å². The highest BCUT2D eigenvalue weighted by Gasteiger charge is 2.20. The third-order valence-electron chi connectivity index (χ3n) is 3.77. The van der Waals surface area contributed by atoms with Gasteiger partial charge in [-0.2, -0.15) is 5.26 Å². The molecule has 0 N–H and O–H groups in total. The average molecular weight is 242 g/mol. The lowest BCUT2D eigenvalue weighted by Gasteiger charge is -2.31. The highest BCUT2D eigenvalue weighted by Crippen LogP contribution is 2.17. The summed E-state index contributed by atoms with van der Waals surface area (Å²) in [5.74, 6) is 0. The van der Waals surface area contributed by atoms with E-state index in [0.29, 0.717) is 0 Å². The summed E-state index contributed by atoms with van der Waals surface area (Å²) in [5, 5.41) is 9.10. The second-order valence-corrected chi connectivity index (χ2v) is 5.12. The first-order valence-corrected chi connectivity index (χ1v) is 7.08. The lowest BCUT2D eigenvalue weighted by Crippen LogP contribution is -2.39. The lowest BCUT2D eigenvalue weighted by atomic mass is 10.0. The molecule has 2 heteroatoms. The fraction of sp³-hybridized carbons (Fsp3) is 0.562. The quantitative estimate of drug-likeness (QED) is 0.740. The van der Waals surface area contributed by atoms with Gasteiger partial charge in [0.1, 0.15) is 0 Å². The standard InChI is InChI=1S/C16H22N2/c17-14-16-11-5-7-13-18(16)12-6-4-10-15-8-2-1-3-9-15/h1-3,8-9,16H,4-7,10-13H2. The Hall–Kier alpha value is -1.33. The number of nitrogens with zero attached hydrogens (tertiary/aromatic N) is 2. The monoisotopic (exact) mass is 242 g/mol. The van der Waals surface area contributed by atoms with Gasteiger partial charge < -0.3 is 0 Å². The van der Waals surface area contributed by atoms with Crippen LogP contribution in [0, 0.1) is 11.3 Å². The molecule has 1 aliphatic rings. The van der Waals surface area contributed by atoms with Crippen molar-refractivity contribution in [2.24, 2.45) is 0 Å². The van der Waals surface area contributed by atoms with Crippen LogP contribution in [0.25, 0.3) is 0 Å². The van der Waals surface area contributed by atoms with Crippen molar-refractivity contribution < 1.29 is 0 Å². The summed E-state index contributed by atoms with van der Waals surface area (Å²) in [7, 11) is 0. The molecule has 18 heavy (non-hydrogen) atoms. The molecule has 1 saturated heterocycles. The Morgan fingerprint density at radius 2 is 2.00 bits per heavy atom. The Morgan fingerprint density at radius 3 is 2.78 bits per heavy atom. The van der Waals surface area contributed by atoms with Crippen LogP contribution in [0.5, 0.6) is 0 Å². The molecule has 1 aromatic rings. The van der Waals surface area contributed by atoms with E-state index < -0.39 is 0 Å². The molecule has 96 valence electrons. The molecular weight excluding hydrogens is 220 g/mol. The summed E-state index contributed by atoms with van der Waals surface area (Å²) in [4.78, 5) is 2.37. The largest absolute Gasteiger partial charge is 0.288 e. The van der Waals surface area contributed by atoms with Crippen LogP contribution < -0.4 is 0 Å². The van der Waals surface area contributed by atoms with E-state index in [4.69, 9.17) is 5.26 Å². The number of rotatable bonds is 5. The molecule has 0 amide bonds. The summed E-state index contributed by atoms with van der Waals surface area (Å²) in [6, 6.07) is 13.3. The summed E-state index contributed by atoms with van der Waals surface area (Å²) in [6.45, 7) is 2.20. The van der Waals surface area contributed by atoms with Gasteiger partial charge in [-0.1, -0.05) is 30.3 Å². The van der Waals surface area contributed by atoms with Crippen LogP contribution in [0.3, 0.4) is 0 Å². The van der Waals surface area contributed by atoms with Gasteiger partial charge in [0.05, 0.1) is 12.1 Å². The van der Waals surface area contributed by atoms with Gasteiger partial charge in [0, 0.05) is 0 Å². The van der Waals surface area contributed by atoms with Gasteiger partial charge in [-0.25, -0.2) is 0 Å². The molecule has 0 saturated carbocycles. The highest BCUT2D eigenvalue weighted by atomic mass is 15.2. The molecule has 0 radical (unpaired) electrons. The smallest absolute Gasteiger partial charge is 0.0977 e. The van der Waals surface area contributed by atoms with E-state index >= 15 is 0 Å². The van der Waals surface area contributed by atoms with Crippen molar-refractivity contribution in [2.45, 2.75) is 44.6 Å². The first kappa shape index (κ1) is 13.1. The predicted octanol–water partition coefficient (Wildman–Crippen LogP) is 3.39. The lowest BCUT2D eigenvalue weighted by molar-refractivity contribution is 0.181. The second kappa shape index (κ2) is 7.18. The summed E-state index contributed by atoms with van der Waals surface area (Å²) in [6.07, 6.45) is 7.13. The summed E-state index contributed by atoms with van der Waals surface area (Å²) >= 11 is 0. The maximum absolute atomic E-state index is 9.10. The molecule has 2 nitrogen and oxygen atoms in total. The Balaban J connectivity index is 1.67. The van der Waals surface area contributed by atoms with Crippen LogP contribution in [0.2, 0.25) is 0 Å². The van der Waals surface area contributed by atoms with E-state index in [1.165, 1.54) is 31.2 Å². The average Bonchev–Trinajstić information content (AvgIpc) is 2.45. The number of likely N-dealkylation sites (tertiary alicyclic amines) is 1. The summed E-state index contributed by atoms with van der Waals surface area (Å²) in [5.41, 5.74) is 1.42. The topological polar surface area (TPSA) is 27.0 Å². The number of hydrogen-bond donors (Lipinski definition) is 0. The van der Waals surface area contributed by atoms with E-state index in [-0.39, 0.29) is 6.04 Å². The Labute approximate surface area is 110 Å². The van der Waals surface area contributed by atoms with Crippen LogP contribution in [-0.4, -0.2) is 24.0 Å². The number of benzene rings is 1. The van der Waals surface area contributed by atoms with Gasteiger partial charge in [0.25, 0.3) is 0 Å². The molecule has 0 bridgehead atoms. The second-order valence-electron chi connectivity index (χ2n) is 5.12. The molecule has 1 fully saturated rings. The molecule has 0 spiro atoms. The van der Waals surface area contributed by atoms with Crippen molar-refractivity contribution in [3.05, 3.63) is 35.9 Å². The first-order chi connectivity index (χ1) is 8.90. The molecule has 1 heterocycles. The fourth-order valence-electron chi connectivity index (χ4n) is 2.69. The molecular formula is C16H22N2. The first-order valence-electron chi connectivity index (χ1n) is 7.08. The Bertz CT molecular complexity index is 380. The molecule has 1 aliphatic heterocycles. The maximum atomic E-state index is 9.10. The minimum absolute atomic E-state index is 0.176. The Morgan fingerprint density at radius 1 is 1.17 bits per heavy atom. The van der Waals surface area contributed by atoms with Crippen molar-refractivity contribution in [1.82, 2.24) is 4.90 Å². The number of aryl methyl sites for hydroxylation is 1. The van der Waals surface area contributed by atoms with Crippen LogP contribution in [0.4, 0.5) is 0 Å². The molecule has 0 aliphatic carbocycles. The third-order valence-corrected chi connectivity index (χ3v) is 3.77. The fourth-order valence-corrected chi connectivity index (χ4v) is 2.69. The molecule has 0 aromatic heterocycles. The van der Waals surface area contributed by atoms with Crippen LogP contribution in [-0.2, 0) is 6.42 Å². The zero-order valence-corrected chi connectivity index (χ0v) is 11.0. The van der Waals surface area contributed by atoms with Crippen LogP contribution >= 0.6 is 0 Å². The van der Waals surface area contributed by atoms with Gasteiger partial charge in [0.2, 0.25) is 0 Å². The van der Waals surface area contributed by atoms with Gasteiger partial charge in [-0.05, 0) is 57.2 Å². The number of unbranched alkanes of at least 4 members (excludes halogenated alkanes) is 1. The van der Waals surface area contributed by atoms with E-state index in [1.807, 2.05) is 0 Å². The maximum Gasteiger partial charge on any atom is 0.0977 e. The van der Waals surface area contributed by atoms with Crippen molar-refractivity contribution in [3.63, 3.8) is 0 Å². The zero-order valence-electron chi connectivity index (χ0n) is 11.0. The minimum Gasteiger partial charge on any atom is -0.288 e. The van der Waals surface area contributed by atoms with Gasteiger partial charge in [-0.3, -0.25) is 4.90 Å². The molecule has 1 unspecified atom stereocenters. The van der Waals surface area contributed by atoms with E-state index in [2.05, 4.69) is 41.3 Å². The van der Waals surface area contributed by atoms with Gasteiger partial charge in [-0.15, -0.1) is 0 Å². The molecule has 1 atom stereocenters. The predicted molar refractivity (Wildman–Crippen MR) is 74.2 cm³/mol. The minimum atomic E-state index is 0.176. The van der Waals surface area contributed by atoms with Crippen LogP contribution in [0.1, 0.15) is 37.7 Å². The van der Waals surface area contributed by atoms with Crippen molar-refractivity contribution in [1.29, 1.82) is 5.26 Å². The van der Waals surface area contributed by atoms with Crippen molar-refractivity contribution >= 4 is 0 Å². The van der Waals surface area contributed by atoms with Gasteiger partial charge >= 0.3 is 0 Å². The zero-order chi connectivity index (χ0) is 12.6. The SMILES string of the molecule is N#CC1CCCCN1CCCCc1ccccc1. The van der Waals surface area contributed by atoms with Crippen LogP contribution in [0.15, 0.2) is 30.3 Å². The Kier molecular flexibility index (Phi) is 5.23.